The van der Waals surface area contributed by atoms with Crippen LogP contribution in [-0.2, 0) is 20.6 Å². The molecule has 0 spiro atoms. The van der Waals surface area contributed by atoms with Gasteiger partial charge < -0.3 is 4.90 Å². The Hall–Kier alpha value is -1.40. The summed E-state index contributed by atoms with van der Waals surface area (Å²) in [5.41, 5.74) is 1.84. The van der Waals surface area contributed by atoms with E-state index in [2.05, 4.69) is 0 Å². The maximum absolute atomic E-state index is 12.6. The third kappa shape index (κ3) is 3.33. The largest absolute Gasteiger partial charge is 0.340 e. The predicted molar refractivity (Wildman–Crippen MR) is 84.7 cm³/mol. The SMILES string of the molecule is Cc1ccccc1CS(=O)(=O)N1CCN(C(=O)C2CC2)CC1. The second-order valence-electron chi connectivity index (χ2n) is 6.18. The van der Waals surface area contributed by atoms with Gasteiger partial charge in [-0.25, -0.2) is 8.42 Å². The molecule has 0 radical (unpaired) electrons. The number of benzene rings is 1. The van der Waals surface area contributed by atoms with E-state index in [0.717, 1.165) is 24.0 Å². The first kappa shape index (κ1) is 15.5. The number of aryl methyl sites for hydroxylation is 1. The molecule has 22 heavy (non-hydrogen) atoms. The molecular weight excluding hydrogens is 300 g/mol. The van der Waals surface area contributed by atoms with Crippen molar-refractivity contribution in [3.8, 4) is 0 Å². The van der Waals surface area contributed by atoms with E-state index in [0.29, 0.717) is 26.2 Å². The molecular formula is C16H22N2O3S. The van der Waals surface area contributed by atoms with Gasteiger partial charge in [0.15, 0.2) is 0 Å². The highest BCUT2D eigenvalue weighted by Crippen LogP contribution is 2.31. The third-order valence-corrected chi connectivity index (χ3v) is 6.30. The predicted octanol–water partition coefficient (Wildman–Crippen LogP) is 1.38. The number of nitrogens with zero attached hydrogens (tertiary/aromatic N) is 2. The summed E-state index contributed by atoms with van der Waals surface area (Å²) in [5.74, 6) is 0.446. The quantitative estimate of drug-likeness (QED) is 0.841. The second-order valence-corrected chi connectivity index (χ2v) is 8.15. The molecule has 1 aromatic carbocycles. The van der Waals surface area contributed by atoms with Gasteiger partial charge in [0.05, 0.1) is 5.75 Å². The van der Waals surface area contributed by atoms with Gasteiger partial charge in [-0.15, -0.1) is 0 Å². The monoisotopic (exact) mass is 322 g/mol. The van der Waals surface area contributed by atoms with Crippen molar-refractivity contribution >= 4 is 15.9 Å². The zero-order chi connectivity index (χ0) is 15.7. The first-order valence-electron chi connectivity index (χ1n) is 7.78. The number of hydrogen-bond donors (Lipinski definition) is 0. The van der Waals surface area contributed by atoms with Gasteiger partial charge in [-0.05, 0) is 30.9 Å². The molecule has 1 amide bonds. The van der Waals surface area contributed by atoms with Gasteiger partial charge in [0.25, 0.3) is 0 Å². The molecule has 1 aliphatic heterocycles. The van der Waals surface area contributed by atoms with Crippen LogP contribution in [0.1, 0.15) is 24.0 Å². The number of rotatable bonds is 4. The van der Waals surface area contributed by atoms with E-state index >= 15 is 0 Å². The van der Waals surface area contributed by atoms with E-state index < -0.39 is 10.0 Å². The van der Waals surface area contributed by atoms with E-state index in [-0.39, 0.29) is 17.6 Å². The van der Waals surface area contributed by atoms with Crippen LogP contribution in [-0.4, -0.2) is 49.7 Å². The maximum atomic E-state index is 12.6. The Bertz CT molecular complexity index is 660. The molecule has 1 saturated heterocycles. The summed E-state index contributed by atoms with van der Waals surface area (Å²) in [6, 6.07) is 7.56. The molecule has 2 aliphatic rings. The number of carbonyl (C=O) groups excluding carboxylic acids is 1. The molecule has 0 bridgehead atoms. The summed E-state index contributed by atoms with van der Waals surface area (Å²) in [7, 11) is -3.32. The first-order valence-corrected chi connectivity index (χ1v) is 9.39. The fourth-order valence-corrected chi connectivity index (χ4v) is 4.45. The van der Waals surface area contributed by atoms with Crippen molar-refractivity contribution in [3.63, 3.8) is 0 Å². The van der Waals surface area contributed by atoms with Crippen LogP contribution in [0.2, 0.25) is 0 Å². The van der Waals surface area contributed by atoms with E-state index in [9.17, 15) is 13.2 Å². The smallest absolute Gasteiger partial charge is 0.225 e. The summed E-state index contributed by atoms with van der Waals surface area (Å²) in [4.78, 5) is 13.8. The highest BCUT2D eigenvalue weighted by atomic mass is 32.2. The second kappa shape index (κ2) is 6.01. The Labute approximate surface area is 132 Å². The Morgan fingerprint density at radius 3 is 2.36 bits per heavy atom. The van der Waals surface area contributed by atoms with Gasteiger partial charge in [0.1, 0.15) is 0 Å². The molecule has 0 N–H and O–H groups in total. The van der Waals surface area contributed by atoms with Crippen molar-refractivity contribution in [1.29, 1.82) is 0 Å². The molecule has 120 valence electrons. The minimum Gasteiger partial charge on any atom is -0.340 e. The number of piperazine rings is 1. The molecule has 1 aromatic rings. The standard InChI is InChI=1S/C16H22N2O3S/c1-13-4-2-3-5-15(13)12-22(20,21)18-10-8-17(9-11-18)16(19)14-6-7-14/h2-5,14H,6-12H2,1H3. The molecule has 0 unspecified atom stereocenters. The summed E-state index contributed by atoms with van der Waals surface area (Å²) in [5, 5.41) is 0. The number of carbonyl (C=O) groups is 1. The number of amides is 1. The lowest BCUT2D eigenvalue weighted by Gasteiger charge is -2.34. The van der Waals surface area contributed by atoms with Crippen LogP contribution >= 0.6 is 0 Å². The van der Waals surface area contributed by atoms with Crippen molar-refractivity contribution < 1.29 is 13.2 Å². The highest BCUT2D eigenvalue weighted by Gasteiger charge is 2.36. The maximum Gasteiger partial charge on any atom is 0.225 e. The number of hydrogen-bond acceptors (Lipinski definition) is 3. The lowest BCUT2D eigenvalue weighted by molar-refractivity contribution is -0.133. The fourth-order valence-electron chi connectivity index (χ4n) is 2.83. The van der Waals surface area contributed by atoms with Crippen LogP contribution in [0.25, 0.3) is 0 Å². The zero-order valence-corrected chi connectivity index (χ0v) is 13.7. The van der Waals surface area contributed by atoms with Gasteiger partial charge >= 0.3 is 0 Å². The average molecular weight is 322 g/mol. The first-order chi connectivity index (χ1) is 10.5. The fraction of sp³-hybridized carbons (Fsp3) is 0.562. The number of sulfonamides is 1. The van der Waals surface area contributed by atoms with Crippen molar-refractivity contribution in [2.45, 2.75) is 25.5 Å². The summed E-state index contributed by atoms with van der Waals surface area (Å²) in [6.45, 7) is 3.78. The minimum absolute atomic E-state index is 0.0379. The lowest BCUT2D eigenvalue weighted by Crippen LogP contribution is -2.51. The third-order valence-electron chi connectivity index (χ3n) is 4.47. The van der Waals surface area contributed by atoms with Gasteiger partial charge in [-0.2, -0.15) is 4.31 Å². The van der Waals surface area contributed by atoms with Crippen LogP contribution in [0.15, 0.2) is 24.3 Å². The summed E-state index contributed by atoms with van der Waals surface area (Å²) < 4.78 is 26.6. The van der Waals surface area contributed by atoms with E-state index in [4.69, 9.17) is 0 Å². The molecule has 5 nitrogen and oxygen atoms in total. The normalized spacial score (nSPS) is 20.1. The summed E-state index contributed by atoms with van der Waals surface area (Å²) >= 11 is 0. The van der Waals surface area contributed by atoms with Crippen LogP contribution in [0.4, 0.5) is 0 Å². The van der Waals surface area contributed by atoms with Gasteiger partial charge in [0.2, 0.25) is 15.9 Å². The van der Waals surface area contributed by atoms with Crippen LogP contribution < -0.4 is 0 Å². The van der Waals surface area contributed by atoms with Crippen LogP contribution in [0.5, 0.6) is 0 Å². The molecule has 1 saturated carbocycles. The van der Waals surface area contributed by atoms with Crippen molar-refractivity contribution in [1.82, 2.24) is 9.21 Å². The average Bonchev–Trinajstić information content (AvgIpc) is 3.34. The van der Waals surface area contributed by atoms with Gasteiger partial charge in [-0.1, -0.05) is 24.3 Å². The minimum atomic E-state index is -3.32. The molecule has 0 aromatic heterocycles. The molecule has 3 rings (SSSR count). The van der Waals surface area contributed by atoms with Crippen molar-refractivity contribution in [2.24, 2.45) is 5.92 Å². The van der Waals surface area contributed by atoms with Crippen LogP contribution in [0.3, 0.4) is 0 Å². The Balaban J connectivity index is 1.62. The Morgan fingerprint density at radius 2 is 1.77 bits per heavy atom. The van der Waals surface area contributed by atoms with E-state index in [1.807, 2.05) is 36.1 Å². The Kier molecular flexibility index (Phi) is 4.23. The summed E-state index contributed by atoms with van der Waals surface area (Å²) in [6.07, 6.45) is 1.98. The van der Waals surface area contributed by atoms with Gasteiger partial charge in [0, 0.05) is 32.1 Å². The van der Waals surface area contributed by atoms with Gasteiger partial charge in [-0.3, -0.25) is 4.79 Å². The van der Waals surface area contributed by atoms with Crippen molar-refractivity contribution in [2.75, 3.05) is 26.2 Å². The highest BCUT2D eigenvalue weighted by molar-refractivity contribution is 7.88. The molecule has 6 heteroatoms. The van der Waals surface area contributed by atoms with Crippen LogP contribution in [0, 0.1) is 12.8 Å². The van der Waals surface area contributed by atoms with E-state index in [1.165, 1.54) is 4.31 Å². The van der Waals surface area contributed by atoms with Crippen molar-refractivity contribution in [3.05, 3.63) is 35.4 Å². The lowest BCUT2D eigenvalue weighted by atomic mass is 10.1. The van der Waals surface area contributed by atoms with E-state index in [1.54, 1.807) is 0 Å². The Morgan fingerprint density at radius 1 is 1.14 bits per heavy atom. The zero-order valence-electron chi connectivity index (χ0n) is 12.9. The molecule has 1 heterocycles. The molecule has 1 aliphatic carbocycles. The molecule has 2 fully saturated rings. The molecule has 0 atom stereocenters. The topological polar surface area (TPSA) is 57.7 Å².